The van der Waals surface area contributed by atoms with Gasteiger partial charge in [0.2, 0.25) is 11.8 Å². The minimum Gasteiger partial charge on any atom is -0.490 e. The summed E-state index contributed by atoms with van der Waals surface area (Å²) in [5.74, 6) is 7.04. The van der Waals surface area contributed by atoms with Crippen LogP contribution in [-0.2, 0) is 9.53 Å². The second-order valence-electron chi connectivity index (χ2n) is 8.67. The van der Waals surface area contributed by atoms with Crippen LogP contribution in [0.25, 0.3) is 10.8 Å². The Morgan fingerprint density at radius 2 is 2.06 bits per heavy atom. The van der Waals surface area contributed by atoms with Crippen molar-refractivity contribution in [1.82, 2.24) is 10.3 Å². The molecular weight excluding hydrogens is 422 g/mol. The Labute approximate surface area is 193 Å². The second-order valence-corrected chi connectivity index (χ2v) is 8.67. The Morgan fingerprint density at radius 1 is 1.27 bits per heavy atom. The molecule has 0 saturated carbocycles. The van der Waals surface area contributed by atoms with Gasteiger partial charge in [0.1, 0.15) is 12.4 Å². The monoisotopic (exact) mass is 451 g/mol. The summed E-state index contributed by atoms with van der Waals surface area (Å²) in [6.45, 7) is 5.49. The van der Waals surface area contributed by atoms with Gasteiger partial charge in [-0.1, -0.05) is 11.8 Å². The number of nitrogens with two attached hydrogens (primary N) is 1. The molecule has 1 aromatic carbocycles. The van der Waals surface area contributed by atoms with Crippen LogP contribution in [0.5, 0.6) is 11.6 Å². The third kappa shape index (κ3) is 5.55. The standard InChI is InChI=1S/C25H29N3O5/c1-15(2)33-22-12-20-19(11-21(22)24(26)30)17(4-3-16-7-9-31-10-8-16)13-27-25(20)32-14-18-5-6-23(29)28-18/h11-13,15-16,18H,5-10,14H2,1-2H3,(H2,26,30)(H,28,29)/t18-/m0/s1. The van der Waals surface area contributed by atoms with Crippen molar-refractivity contribution in [3.05, 3.63) is 29.5 Å². The van der Waals surface area contributed by atoms with Gasteiger partial charge in [0.25, 0.3) is 5.91 Å². The van der Waals surface area contributed by atoms with E-state index in [1.807, 2.05) is 13.8 Å². The average molecular weight is 452 g/mol. The molecule has 2 saturated heterocycles. The number of fused-ring (bicyclic) bond motifs is 1. The van der Waals surface area contributed by atoms with Crippen molar-refractivity contribution in [3.63, 3.8) is 0 Å². The number of carbonyl (C=O) groups is 2. The summed E-state index contributed by atoms with van der Waals surface area (Å²) in [7, 11) is 0. The first-order valence-electron chi connectivity index (χ1n) is 11.4. The first kappa shape index (κ1) is 22.9. The van der Waals surface area contributed by atoms with Crippen molar-refractivity contribution in [3.8, 4) is 23.5 Å². The van der Waals surface area contributed by atoms with Gasteiger partial charge in [0.05, 0.1) is 23.3 Å². The van der Waals surface area contributed by atoms with E-state index < -0.39 is 5.91 Å². The molecule has 0 aliphatic carbocycles. The van der Waals surface area contributed by atoms with Gasteiger partial charge in [-0.15, -0.1) is 0 Å². The highest BCUT2D eigenvalue weighted by Gasteiger charge is 2.23. The van der Waals surface area contributed by atoms with Crippen LogP contribution in [-0.4, -0.2) is 48.8 Å². The number of amides is 2. The maximum Gasteiger partial charge on any atom is 0.252 e. The minimum atomic E-state index is -0.580. The number of primary amides is 1. The number of pyridine rings is 1. The van der Waals surface area contributed by atoms with Gasteiger partial charge in [0, 0.05) is 42.5 Å². The first-order valence-corrected chi connectivity index (χ1v) is 11.4. The zero-order valence-corrected chi connectivity index (χ0v) is 19.0. The molecule has 2 amide bonds. The van der Waals surface area contributed by atoms with E-state index in [0.717, 1.165) is 24.6 Å². The molecule has 3 N–H and O–H groups in total. The third-order valence-electron chi connectivity index (χ3n) is 5.72. The number of nitrogens with one attached hydrogen (secondary N) is 1. The average Bonchev–Trinajstić information content (AvgIpc) is 3.21. The van der Waals surface area contributed by atoms with Crippen LogP contribution in [0.4, 0.5) is 0 Å². The van der Waals surface area contributed by atoms with Crippen molar-refractivity contribution in [2.45, 2.75) is 51.7 Å². The fraction of sp³-hybridized carbons (Fsp3) is 0.480. The van der Waals surface area contributed by atoms with E-state index in [1.165, 1.54) is 0 Å². The van der Waals surface area contributed by atoms with E-state index >= 15 is 0 Å². The number of carbonyl (C=O) groups excluding carboxylic acids is 2. The first-order chi connectivity index (χ1) is 15.9. The molecule has 4 rings (SSSR count). The van der Waals surface area contributed by atoms with E-state index in [0.29, 0.717) is 48.8 Å². The summed E-state index contributed by atoms with van der Waals surface area (Å²) in [5, 5.41) is 4.29. The maximum absolute atomic E-state index is 12.2. The number of benzene rings is 1. The van der Waals surface area contributed by atoms with E-state index in [4.69, 9.17) is 19.9 Å². The molecular formula is C25H29N3O5. The highest BCUT2D eigenvalue weighted by Crippen LogP contribution is 2.33. The molecule has 174 valence electrons. The summed E-state index contributed by atoms with van der Waals surface area (Å²) in [4.78, 5) is 28.2. The Morgan fingerprint density at radius 3 is 2.73 bits per heavy atom. The highest BCUT2D eigenvalue weighted by atomic mass is 16.5. The van der Waals surface area contributed by atoms with Crippen LogP contribution in [0.3, 0.4) is 0 Å². The largest absolute Gasteiger partial charge is 0.490 e. The van der Waals surface area contributed by atoms with Gasteiger partial charge < -0.3 is 25.3 Å². The lowest BCUT2D eigenvalue weighted by atomic mass is 9.99. The summed E-state index contributed by atoms with van der Waals surface area (Å²) >= 11 is 0. The predicted molar refractivity (Wildman–Crippen MR) is 123 cm³/mol. The van der Waals surface area contributed by atoms with Crippen LogP contribution in [0, 0.1) is 17.8 Å². The predicted octanol–water partition coefficient (Wildman–Crippen LogP) is 2.56. The van der Waals surface area contributed by atoms with Crippen LogP contribution in [0.15, 0.2) is 18.3 Å². The van der Waals surface area contributed by atoms with Crippen molar-refractivity contribution in [2.24, 2.45) is 11.7 Å². The lowest BCUT2D eigenvalue weighted by Gasteiger charge is -2.18. The SMILES string of the molecule is CC(C)Oc1cc2c(OC[C@@H]3CCC(=O)N3)ncc(C#CC3CCOCC3)c2cc1C(N)=O. The number of hydrogen-bond donors (Lipinski definition) is 2. The summed E-state index contributed by atoms with van der Waals surface area (Å²) in [5.41, 5.74) is 6.63. The quantitative estimate of drug-likeness (QED) is 0.653. The Balaban J connectivity index is 1.74. The number of nitrogens with zero attached hydrogens (tertiary/aromatic N) is 1. The molecule has 0 bridgehead atoms. The van der Waals surface area contributed by atoms with Gasteiger partial charge >= 0.3 is 0 Å². The molecule has 1 atom stereocenters. The van der Waals surface area contributed by atoms with E-state index in [1.54, 1.807) is 18.3 Å². The van der Waals surface area contributed by atoms with Gasteiger partial charge in [0.15, 0.2) is 0 Å². The minimum absolute atomic E-state index is 0.0267. The summed E-state index contributed by atoms with van der Waals surface area (Å²) < 4.78 is 17.3. The molecule has 3 heterocycles. The van der Waals surface area contributed by atoms with Crippen LogP contribution >= 0.6 is 0 Å². The molecule has 1 aromatic heterocycles. The molecule has 0 radical (unpaired) electrons. The molecule has 8 heteroatoms. The summed E-state index contributed by atoms with van der Waals surface area (Å²) in [6.07, 6.45) is 4.52. The smallest absolute Gasteiger partial charge is 0.252 e. The number of rotatable bonds is 6. The fourth-order valence-corrected chi connectivity index (χ4v) is 4.00. The topological polar surface area (TPSA) is 113 Å². The molecule has 2 fully saturated rings. The molecule has 0 spiro atoms. The van der Waals surface area contributed by atoms with Crippen molar-refractivity contribution < 1.29 is 23.8 Å². The fourth-order valence-electron chi connectivity index (χ4n) is 4.00. The number of hydrogen-bond acceptors (Lipinski definition) is 6. The van der Waals surface area contributed by atoms with Gasteiger partial charge in [-0.25, -0.2) is 4.98 Å². The number of aromatic nitrogens is 1. The van der Waals surface area contributed by atoms with Crippen LogP contribution in [0.2, 0.25) is 0 Å². The number of ether oxygens (including phenoxy) is 3. The second kappa shape index (κ2) is 10.1. The third-order valence-corrected chi connectivity index (χ3v) is 5.72. The maximum atomic E-state index is 12.2. The Bertz CT molecular complexity index is 1110. The lowest BCUT2D eigenvalue weighted by Crippen LogP contribution is -2.31. The van der Waals surface area contributed by atoms with E-state index in [9.17, 15) is 9.59 Å². The van der Waals surface area contributed by atoms with Crippen molar-refractivity contribution in [2.75, 3.05) is 19.8 Å². The van der Waals surface area contributed by atoms with E-state index in [-0.39, 0.29) is 29.5 Å². The zero-order chi connectivity index (χ0) is 23.4. The highest BCUT2D eigenvalue weighted by molar-refractivity contribution is 6.03. The lowest BCUT2D eigenvalue weighted by molar-refractivity contribution is -0.119. The van der Waals surface area contributed by atoms with Crippen molar-refractivity contribution in [1.29, 1.82) is 0 Å². The molecule has 2 aliphatic heterocycles. The van der Waals surface area contributed by atoms with Crippen molar-refractivity contribution >= 4 is 22.6 Å². The van der Waals surface area contributed by atoms with Gasteiger partial charge in [-0.3, -0.25) is 9.59 Å². The van der Waals surface area contributed by atoms with E-state index in [2.05, 4.69) is 22.1 Å². The molecule has 2 aromatic rings. The molecule has 2 aliphatic rings. The summed E-state index contributed by atoms with van der Waals surface area (Å²) in [6, 6.07) is 3.39. The zero-order valence-electron chi connectivity index (χ0n) is 19.0. The Kier molecular flexibility index (Phi) is 6.99. The Hall–Kier alpha value is -3.31. The molecule has 8 nitrogen and oxygen atoms in total. The van der Waals surface area contributed by atoms with Gasteiger partial charge in [-0.05, 0) is 45.2 Å². The normalized spacial score (nSPS) is 18.6. The van der Waals surface area contributed by atoms with Crippen LogP contribution < -0.4 is 20.5 Å². The van der Waals surface area contributed by atoms with Crippen LogP contribution in [0.1, 0.15) is 55.5 Å². The molecule has 0 unspecified atom stereocenters. The molecule has 33 heavy (non-hydrogen) atoms. The van der Waals surface area contributed by atoms with Gasteiger partial charge in [-0.2, -0.15) is 0 Å².